The van der Waals surface area contributed by atoms with E-state index in [2.05, 4.69) is 10.3 Å². The summed E-state index contributed by atoms with van der Waals surface area (Å²) in [7, 11) is 1.84. The number of hydrogen-bond donors (Lipinski definition) is 2. The van der Waals surface area contributed by atoms with Crippen LogP contribution in [0.25, 0.3) is 11.0 Å². The fourth-order valence-corrected chi connectivity index (χ4v) is 5.41. The van der Waals surface area contributed by atoms with Gasteiger partial charge in [0.1, 0.15) is 5.52 Å². The molecule has 0 spiro atoms. The number of carbonyl (C=O) groups is 2. The lowest BCUT2D eigenvalue weighted by molar-refractivity contribution is -0.137. The first-order valence-electron chi connectivity index (χ1n) is 12.4. The quantitative estimate of drug-likeness (QED) is 0.490. The van der Waals surface area contributed by atoms with Gasteiger partial charge in [-0.05, 0) is 66.5 Å². The molecule has 1 aliphatic rings. The van der Waals surface area contributed by atoms with Gasteiger partial charge in [-0.15, -0.1) is 5.10 Å². The zero-order valence-electron chi connectivity index (χ0n) is 20.8. The summed E-state index contributed by atoms with van der Waals surface area (Å²) in [5.41, 5.74) is 12.3. The average Bonchev–Trinajstić information content (AvgIpc) is 3.21. The lowest BCUT2D eigenvalue weighted by atomic mass is 9.84. The van der Waals surface area contributed by atoms with Gasteiger partial charge < -0.3 is 15.7 Å². The molecule has 1 aliphatic carbocycles. The molecule has 0 saturated heterocycles. The fourth-order valence-electron chi connectivity index (χ4n) is 5.41. The molecule has 1 fully saturated rings. The predicted molar refractivity (Wildman–Crippen MR) is 135 cm³/mol. The van der Waals surface area contributed by atoms with Gasteiger partial charge in [0.25, 0.3) is 0 Å². The third-order valence-corrected chi connectivity index (χ3v) is 7.49. The van der Waals surface area contributed by atoms with Crippen LogP contribution in [0.3, 0.4) is 0 Å². The Morgan fingerprint density at radius 1 is 1.17 bits per heavy atom. The number of nitrogens with zero attached hydrogens (tertiary/aromatic N) is 4. The number of carbonyl (C=O) groups excluding carboxylic acids is 1. The third kappa shape index (κ3) is 5.47. The summed E-state index contributed by atoms with van der Waals surface area (Å²) < 4.78 is 1.72. The summed E-state index contributed by atoms with van der Waals surface area (Å²) in [5.74, 6) is -0.730. The van der Waals surface area contributed by atoms with Crippen LogP contribution in [0, 0.1) is 19.8 Å². The first-order valence-corrected chi connectivity index (χ1v) is 12.4. The molecule has 8 nitrogen and oxygen atoms in total. The Bertz CT molecular complexity index is 1230. The minimum Gasteiger partial charge on any atom is -0.481 e. The normalized spacial score (nSPS) is 15.3. The predicted octanol–water partition coefficient (Wildman–Crippen LogP) is 4.65. The molecule has 8 heteroatoms. The fraction of sp³-hybridized carbons (Fsp3) is 0.481. The maximum absolute atomic E-state index is 12.3. The molecular weight excluding hydrogens is 442 g/mol. The number of urea groups is 1. The van der Waals surface area contributed by atoms with E-state index in [-0.39, 0.29) is 12.3 Å². The molecule has 1 atom stereocenters. The maximum atomic E-state index is 12.3. The molecule has 1 heterocycles. The number of benzene rings is 2. The van der Waals surface area contributed by atoms with Crippen LogP contribution in [0.2, 0.25) is 0 Å². The Hall–Kier alpha value is -3.42. The highest BCUT2D eigenvalue weighted by Gasteiger charge is 2.24. The number of fused-ring (bicyclic) bond motifs is 1. The van der Waals surface area contributed by atoms with Crippen LogP contribution >= 0.6 is 0 Å². The Morgan fingerprint density at radius 2 is 1.91 bits per heavy atom. The van der Waals surface area contributed by atoms with Crippen molar-refractivity contribution in [3.63, 3.8) is 0 Å². The molecule has 0 bridgehead atoms. The van der Waals surface area contributed by atoms with Gasteiger partial charge in [0.15, 0.2) is 0 Å². The van der Waals surface area contributed by atoms with Gasteiger partial charge in [0, 0.05) is 26.1 Å². The van der Waals surface area contributed by atoms with Gasteiger partial charge in [-0.1, -0.05) is 48.7 Å². The molecular formula is C27H35N5O3. The largest absolute Gasteiger partial charge is 0.481 e. The van der Waals surface area contributed by atoms with Crippen molar-refractivity contribution < 1.29 is 14.7 Å². The topological polar surface area (TPSA) is 114 Å². The number of aliphatic carboxylic acids is 1. The lowest BCUT2D eigenvalue weighted by Gasteiger charge is -2.29. The van der Waals surface area contributed by atoms with Gasteiger partial charge >= 0.3 is 12.0 Å². The summed E-state index contributed by atoms with van der Waals surface area (Å²) in [6, 6.07) is 9.55. The Morgan fingerprint density at radius 3 is 2.60 bits per heavy atom. The van der Waals surface area contributed by atoms with Crippen LogP contribution < -0.4 is 5.73 Å². The Kier molecular flexibility index (Phi) is 7.38. The van der Waals surface area contributed by atoms with Gasteiger partial charge in [-0.25, -0.2) is 9.48 Å². The molecule has 186 valence electrons. The molecule has 3 N–H and O–H groups in total. The minimum atomic E-state index is -0.869. The molecule has 35 heavy (non-hydrogen) atoms. The monoisotopic (exact) mass is 477 g/mol. The van der Waals surface area contributed by atoms with Crippen LogP contribution in [0.15, 0.2) is 30.3 Å². The van der Waals surface area contributed by atoms with Crippen molar-refractivity contribution >= 4 is 23.0 Å². The molecule has 0 radical (unpaired) electrons. The average molecular weight is 478 g/mol. The van der Waals surface area contributed by atoms with E-state index >= 15 is 0 Å². The molecule has 2 aromatic carbocycles. The van der Waals surface area contributed by atoms with Crippen molar-refractivity contribution in [3.05, 3.63) is 58.1 Å². The zero-order chi connectivity index (χ0) is 25.1. The highest BCUT2D eigenvalue weighted by Crippen LogP contribution is 2.34. The smallest absolute Gasteiger partial charge is 0.315 e. The van der Waals surface area contributed by atoms with E-state index in [4.69, 9.17) is 5.73 Å². The third-order valence-electron chi connectivity index (χ3n) is 7.49. The minimum absolute atomic E-state index is 0.0449. The highest BCUT2D eigenvalue weighted by molar-refractivity contribution is 5.80. The van der Waals surface area contributed by atoms with Crippen molar-refractivity contribution in [1.82, 2.24) is 19.9 Å². The first kappa shape index (κ1) is 24.7. The molecule has 2 amide bonds. The van der Waals surface area contributed by atoms with Crippen molar-refractivity contribution in [3.8, 4) is 0 Å². The number of nitrogens with two attached hydrogens (primary N) is 1. The number of primary amides is 1. The van der Waals surface area contributed by atoms with Crippen molar-refractivity contribution in [2.45, 2.75) is 64.8 Å². The highest BCUT2D eigenvalue weighted by atomic mass is 16.4. The molecule has 4 rings (SSSR count). The maximum Gasteiger partial charge on any atom is 0.315 e. The van der Waals surface area contributed by atoms with Crippen LogP contribution in [-0.4, -0.2) is 43.5 Å². The van der Waals surface area contributed by atoms with Crippen molar-refractivity contribution in [2.24, 2.45) is 18.7 Å². The van der Waals surface area contributed by atoms with E-state index in [1.807, 2.05) is 51.2 Å². The second kappa shape index (κ2) is 10.5. The van der Waals surface area contributed by atoms with E-state index in [1.165, 1.54) is 19.3 Å². The second-order valence-electron chi connectivity index (χ2n) is 9.92. The van der Waals surface area contributed by atoms with Crippen LogP contribution in [-0.2, 0) is 18.4 Å². The van der Waals surface area contributed by atoms with Crippen molar-refractivity contribution in [1.29, 1.82) is 0 Å². The SMILES string of the molecule is Cc1ccc(C(CC(=O)O)c2ccc3c(nnn3C)c2C)cc1CN(CC1CCCCC1)C(N)=O. The number of aromatic nitrogens is 3. The number of aryl methyl sites for hydroxylation is 3. The van der Waals surface area contributed by atoms with Gasteiger partial charge in [-0.3, -0.25) is 4.79 Å². The van der Waals surface area contributed by atoms with Gasteiger partial charge in [0.05, 0.1) is 11.9 Å². The number of carboxylic acid groups (broad SMARTS) is 1. The standard InChI is InChI=1S/C27H35N5O3/c1-17-9-10-20(13-21(17)16-32(27(28)35)15-19-7-5-4-6-8-19)23(14-25(33)34)22-11-12-24-26(18(22)2)29-30-31(24)3/h9-13,19,23H,4-8,14-16H2,1-3H3,(H2,28,35)(H,33,34). The first-order chi connectivity index (χ1) is 16.7. The molecule has 0 aliphatic heterocycles. The Labute approximate surface area is 206 Å². The summed E-state index contributed by atoms with van der Waals surface area (Å²) in [4.78, 5) is 25.9. The van der Waals surface area contributed by atoms with E-state index in [0.29, 0.717) is 19.0 Å². The summed E-state index contributed by atoms with van der Waals surface area (Å²) in [6.45, 7) is 5.07. The van der Waals surface area contributed by atoms with Crippen LogP contribution in [0.5, 0.6) is 0 Å². The lowest BCUT2D eigenvalue weighted by Crippen LogP contribution is -2.39. The molecule has 3 aromatic rings. The van der Waals surface area contributed by atoms with Crippen molar-refractivity contribution in [2.75, 3.05) is 6.54 Å². The van der Waals surface area contributed by atoms with Gasteiger partial charge in [0.2, 0.25) is 0 Å². The summed E-state index contributed by atoms with van der Waals surface area (Å²) in [6.07, 6.45) is 5.90. The van der Waals surface area contributed by atoms with E-state index < -0.39 is 12.0 Å². The van der Waals surface area contributed by atoms with E-state index in [1.54, 1.807) is 9.58 Å². The number of amides is 2. The summed E-state index contributed by atoms with van der Waals surface area (Å²) >= 11 is 0. The van der Waals surface area contributed by atoms with Crippen LogP contribution in [0.1, 0.15) is 72.3 Å². The zero-order valence-corrected chi connectivity index (χ0v) is 20.8. The molecule has 1 aromatic heterocycles. The molecule has 1 saturated carbocycles. The Balaban J connectivity index is 1.67. The number of rotatable bonds is 8. The summed E-state index contributed by atoms with van der Waals surface area (Å²) in [5, 5.41) is 18.1. The number of hydrogen-bond acceptors (Lipinski definition) is 4. The number of carboxylic acids is 1. The van der Waals surface area contributed by atoms with E-state index in [0.717, 1.165) is 51.7 Å². The second-order valence-corrected chi connectivity index (χ2v) is 9.92. The van der Waals surface area contributed by atoms with E-state index in [9.17, 15) is 14.7 Å². The molecule has 1 unspecified atom stereocenters. The van der Waals surface area contributed by atoms with Crippen LogP contribution in [0.4, 0.5) is 4.79 Å². The van der Waals surface area contributed by atoms with Gasteiger partial charge in [-0.2, -0.15) is 0 Å².